The van der Waals surface area contributed by atoms with Crippen LogP contribution in [0.4, 0.5) is 0 Å². The van der Waals surface area contributed by atoms with Crippen molar-refractivity contribution in [2.75, 3.05) is 13.7 Å². The fourth-order valence-corrected chi connectivity index (χ4v) is 4.07. The zero-order chi connectivity index (χ0) is 24.9. The molecule has 1 fully saturated rings. The lowest BCUT2D eigenvalue weighted by Gasteiger charge is -2.26. The summed E-state index contributed by atoms with van der Waals surface area (Å²) in [5.74, 6) is -0.138. The number of aliphatic hydroxyl groups excluding tert-OH is 1. The van der Waals surface area contributed by atoms with E-state index in [0.29, 0.717) is 35.2 Å². The first kappa shape index (κ1) is 24.0. The van der Waals surface area contributed by atoms with Gasteiger partial charge >= 0.3 is 0 Å². The maximum Gasteiger partial charge on any atom is 0.295 e. The van der Waals surface area contributed by atoms with Crippen molar-refractivity contribution in [1.29, 1.82) is 0 Å². The smallest absolute Gasteiger partial charge is 0.295 e. The van der Waals surface area contributed by atoms with Gasteiger partial charge in [0.05, 0.1) is 25.3 Å². The van der Waals surface area contributed by atoms with E-state index < -0.39 is 17.7 Å². The van der Waals surface area contributed by atoms with Crippen LogP contribution in [0, 0.1) is 5.92 Å². The number of likely N-dealkylation sites (tertiary alicyclic amines) is 1. The molecule has 2 heterocycles. The maximum atomic E-state index is 13.3. The topological polar surface area (TPSA) is 89.0 Å². The summed E-state index contributed by atoms with van der Waals surface area (Å²) in [7, 11) is 1.53. The molecule has 4 rings (SSSR count). The number of aliphatic hydroxyl groups is 1. The number of aromatic nitrogens is 1. The van der Waals surface area contributed by atoms with Crippen molar-refractivity contribution in [2.24, 2.45) is 5.92 Å². The molecule has 0 spiro atoms. The Balaban J connectivity index is 1.79. The summed E-state index contributed by atoms with van der Waals surface area (Å²) in [5, 5.41) is 11.3. The highest BCUT2D eigenvalue weighted by Gasteiger charge is 2.47. The van der Waals surface area contributed by atoms with Crippen molar-refractivity contribution >= 4 is 17.4 Å². The summed E-state index contributed by atoms with van der Waals surface area (Å²) in [6, 6.07) is 16.8. The van der Waals surface area contributed by atoms with Crippen LogP contribution in [0.1, 0.15) is 36.6 Å². The van der Waals surface area contributed by atoms with Crippen molar-refractivity contribution in [3.63, 3.8) is 0 Å². The van der Waals surface area contributed by atoms with Crippen LogP contribution in [0.15, 0.2) is 78.6 Å². The van der Waals surface area contributed by atoms with Gasteiger partial charge in [-0.1, -0.05) is 38.1 Å². The number of carbonyl (C=O) groups excluding carboxylic acids is 2. The van der Waals surface area contributed by atoms with Crippen LogP contribution in [-0.2, 0) is 16.1 Å². The molecule has 1 amide bonds. The second-order valence-corrected chi connectivity index (χ2v) is 8.76. The van der Waals surface area contributed by atoms with Crippen LogP contribution in [0.5, 0.6) is 11.5 Å². The van der Waals surface area contributed by atoms with Gasteiger partial charge in [0.1, 0.15) is 17.3 Å². The molecule has 1 N–H and O–H groups in total. The first-order valence-corrected chi connectivity index (χ1v) is 11.4. The van der Waals surface area contributed by atoms with Gasteiger partial charge in [0.2, 0.25) is 0 Å². The highest BCUT2D eigenvalue weighted by atomic mass is 16.5. The molecule has 1 atom stereocenters. The number of hydrogen-bond donors (Lipinski definition) is 1. The summed E-state index contributed by atoms with van der Waals surface area (Å²) in [6.45, 7) is 4.84. The van der Waals surface area contributed by atoms with E-state index in [-0.39, 0.29) is 17.9 Å². The molecule has 1 saturated heterocycles. The number of carbonyl (C=O) groups is 2. The lowest BCUT2D eigenvalue weighted by Crippen LogP contribution is -2.29. The molecule has 1 aliphatic heterocycles. The van der Waals surface area contributed by atoms with Crippen molar-refractivity contribution < 1.29 is 24.2 Å². The summed E-state index contributed by atoms with van der Waals surface area (Å²) >= 11 is 0. The fourth-order valence-electron chi connectivity index (χ4n) is 4.07. The van der Waals surface area contributed by atoms with Crippen LogP contribution in [0.3, 0.4) is 0 Å². The number of amides is 1. The molecule has 1 aliphatic rings. The number of ether oxygens (including phenoxy) is 2. The molecule has 0 aliphatic carbocycles. The van der Waals surface area contributed by atoms with Gasteiger partial charge in [-0.2, -0.15) is 0 Å². The number of Topliss-reactive ketones (excluding diaryl/α,β-unsaturated/α-hetero) is 1. The Morgan fingerprint density at radius 2 is 1.80 bits per heavy atom. The quantitative estimate of drug-likeness (QED) is 0.289. The summed E-state index contributed by atoms with van der Waals surface area (Å²) in [5.41, 5.74) is 1.80. The number of ketones is 1. The average Bonchev–Trinajstić information content (AvgIpc) is 3.12. The Labute approximate surface area is 204 Å². The molecule has 35 heavy (non-hydrogen) atoms. The van der Waals surface area contributed by atoms with Gasteiger partial charge in [0.25, 0.3) is 11.7 Å². The molecule has 0 saturated carbocycles. The third-order valence-corrected chi connectivity index (χ3v) is 5.76. The normalized spacial score (nSPS) is 17.1. The largest absolute Gasteiger partial charge is 0.507 e. The molecule has 1 aromatic heterocycles. The van der Waals surface area contributed by atoms with Gasteiger partial charge in [0, 0.05) is 30.1 Å². The number of para-hydroxylation sites is 1. The first-order valence-electron chi connectivity index (χ1n) is 11.4. The molecule has 1 unspecified atom stereocenters. The van der Waals surface area contributed by atoms with E-state index in [1.54, 1.807) is 54.9 Å². The maximum absolute atomic E-state index is 13.3. The van der Waals surface area contributed by atoms with Crippen LogP contribution in [-0.4, -0.2) is 40.4 Å². The van der Waals surface area contributed by atoms with Gasteiger partial charge in [-0.05, 0) is 47.9 Å². The fraction of sp³-hybridized carbons (Fsp3) is 0.250. The van der Waals surface area contributed by atoms with Crippen LogP contribution < -0.4 is 9.47 Å². The molecular formula is C28H28N2O5. The standard InChI is InChI=1S/C28H28N2O5/c1-18(2)17-35-21-12-10-20(11-13-21)26(31)24-25(22-8-4-5-9-23(22)34-3)30(28(33)27(24)32)16-19-7-6-14-29-15-19/h4-15,18,25,31H,16-17H2,1-3H3. The van der Waals surface area contributed by atoms with Gasteiger partial charge in [-0.25, -0.2) is 0 Å². The predicted molar refractivity (Wildman–Crippen MR) is 132 cm³/mol. The minimum absolute atomic E-state index is 0.0132. The van der Waals surface area contributed by atoms with E-state index in [1.165, 1.54) is 12.0 Å². The Morgan fingerprint density at radius 3 is 2.46 bits per heavy atom. The van der Waals surface area contributed by atoms with Crippen molar-refractivity contribution in [3.8, 4) is 11.5 Å². The minimum atomic E-state index is -0.830. The molecule has 7 nitrogen and oxygen atoms in total. The van der Waals surface area contributed by atoms with Gasteiger partial charge in [0.15, 0.2) is 0 Å². The Kier molecular flexibility index (Phi) is 7.15. The number of pyridine rings is 1. The zero-order valence-electron chi connectivity index (χ0n) is 20.0. The number of benzene rings is 2. The highest BCUT2D eigenvalue weighted by molar-refractivity contribution is 6.46. The van der Waals surface area contributed by atoms with E-state index in [9.17, 15) is 14.7 Å². The van der Waals surface area contributed by atoms with E-state index in [4.69, 9.17) is 9.47 Å². The first-order chi connectivity index (χ1) is 16.9. The zero-order valence-corrected chi connectivity index (χ0v) is 20.0. The van der Waals surface area contributed by atoms with Gasteiger partial charge in [-0.15, -0.1) is 0 Å². The lowest BCUT2D eigenvalue weighted by molar-refractivity contribution is -0.140. The van der Waals surface area contributed by atoms with E-state index in [2.05, 4.69) is 18.8 Å². The van der Waals surface area contributed by atoms with Gasteiger partial charge in [-0.3, -0.25) is 14.6 Å². The highest BCUT2D eigenvalue weighted by Crippen LogP contribution is 2.43. The summed E-state index contributed by atoms with van der Waals surface area (Å²) in [6.07, 6.45) is 3.29. The third-order valence-electron chi connectivity index (χ3n) is 5.76. The van der Waals surface area contributed by atoms with Gasteiger partial charge < -0.3 is 19.5 Å². The molecule has 2 aromatic carbocycles. The molecule has 7 heteroatoms. The van der Waals surface area contributed by atoms with Crippen molar-refractivity contribution in [1.82, 2.24) is 9.88 Å². The molecule has 180 valence electrons. The van der Waals surface area contributed by atoms with Crippen LogP contribution in [0.25, 0.3) is 5.76 Å². The number of rotatable bonds is 8. The molecule has 0 bridgehead atoms. The predicted octanol–water partition coefficient (Wildman–Crippen LogP) is 4.75. The Hall–Kier alpha value is -4.13. The van der Waals surface area contributed by atoms with Crippen LogP contribution >= 0.6 is 0 Å². The Bertz CT molecular complexity index is 1240. The summed E-state index contributed by atoms with van der Waals surface area (Å²) in [4.78, 5) is 32.0. The molecule has 3 aromatic rings. The van der Waals surface area contributed by atoms with E-state index in [0.717, 1.165) is 5.56 Å². The second kappa shape index (κ2) is 10.4. The monoisotopic (exact) mass is 472 g/mol. The number of hydrogen-bond acceptors (Lipinski definition) is 6. The molecular weight excluding hydrogens is 444 g/mol. The van der Waals surface area contributed by atoms with Crippen molar-refractivity contribution in [2.45, 2.75) is 26.4 Å². The lowest BCUT2D eigenvalue weighted by atomic mass is 9.94. The average molecular weight is 473 g/mol. The second-order valence-electron chi connectivity index (χ2n) is 8.76. The Morgan fingerprint density at radius 1 is 1.06 bits per heavy atom. The summed E-state index contributed by atoms with van der Waals surface area (Å²) < 4.78 is 11.3. The van der Waals surface area contributed by atoms with E-state index >= 15 is 0 Å². The van der Waals surface area contributed by atoms with Crippen molar-refractivity contribution in [3.05, 3.63) is 95.3 Å². The van der Waals surface area contributed by atoms with Crippen LogP contribution in [0.2, 0.25) is 0 Å². The number of nitrogens with zero attached hydrogens (tertiary/aromatic N) is 2. The minimum Gasteiger partial charge on any atom is -0.507 e. The molecule has 0 radical (unpaired) electrons. The number of methoxy groups -OCH3 is 1. The third kappa shape index (κ3) is 5.04. The SMILES string of the molecule is COc1ccccc1C1C(=C(O)c2ccc(OCC(C)C)cc2)C(=O)C(=O)N1Cc1cccnc1. The van der Waals surface area contributed by atoms with E-state index in [1.807, 2.05) is 18.2 Å².